The van der Waals surface area contributed by atoms with E-state index in [1.165, 1.54) is 31.4 Å². The summed E-state index contributed by atoms with van der Waals surface area (Å²) in [6.45, 7) is 5.72. The van der Waals surface area contributed by atoms with Gasteiger partial charge >= 0.3 is 0 Å². The van der Waals surface area contributed by atoms with E-state index >= 15 is 0 Å². The molecule has 0 bridgehead atoms. The summed E-state index contributed by atoms with van der Waals surface area (Å²) in [6, 6.07) is 8.34. The van der Waals surface area contributed by atoms with Crippen molar-refractivity contribution in [3.8, 4) is 0 Å². The van der Waals surface area contributed by atoms with Crippen LogP contribution in [0.15, 0.2) is 24.3 Å². The van der Waals surface area contributed by atoms with Gasteiger partial charge in [-0.1, -0.05) is 43.4 Å². The summed E-state index contributed by atoms with van der Waals surface area (Å²) >= 11 is 6.10. The highest BCUT2D eigenvalue weighted by molar-refractivity contribution is 6.30. The smallest absolute Gasteiger partial charge is 0.237 e. The van der Waals surface area contributed by atoms with Gasteiger partial charge in [0.25, 0.3) is 0 Å². The Kier molecular flexibility index (Phi) is 6.60. The minimum absolute atomic E-state index is 0.0511. The van der Waals surface area contributed by atoms with Crippen molar-refractivity contribution in [3.63, 3.8) is 0 Å². The molecule has 1 aromatic rings. The minimum Gasteiger partial charge on any atom is -0.369 e. The molecule has 0 radical (unpaired) electrons. The van der Waals surface area contributed by atoms with Gasteiger partial charge in [0.1, 0.15) is 0 Å². The van der Waals surface area contributed by atoms with E-state index in [2.05, 4.69) is 21.2 Å². The second-order valence-corrected chi connectivity index (χ2v) is 7.81. The number of halogens is 1. The third kappa shape index (κ3) is 5.11. The van der Waals surface area contributed by atoms with Crippen LogP contribution in [0.2, 0.25) is 5.02 Å². The molecule has 1 amide bonds. The predicted molar refractivity (Wildman–Crippen MR) is 104 cm³/mol. The van der Waals surface area contributed by atoms with Crippen molar-refractivity contribution in [1.82, 2.24) is 10.2 Å². The Labute approximate surface area is 156 Å². The van der Waals surface area contributed by atoms with Gasteiger partial charge in [-0.2, -0.15) is 0 Å². The molecule has 5 heteroatoms. The Morgan fingerprint density at radius 3 is 2.44 bits per heavy atom. The first-order valence-corrected chi connectivity index (χ1v) is 10.1. The number of carbonyl (C=O) groups is 1. The van der Waals surface area contributed by atoms with E-state index in [-0.39, 0.29) is 11.9 Å². The van der Waals surface area contributed by atoms with E-state index in [4.69, 9.17) is 11.6 Å². The second-order valence-electron chi connectivity index (χ2n) is 7.38. The molecule has 4 nitrogen and oxygen atoms in total. The number of piperazine rings is 1. The maximum Gasteiger partial charge on any atom is 0.237 e. The Hall–Kier alpha value is -1.26. The van der Waals surface area contributed by atoms with Gasteiger partial charge in [-0.25, -0.2) is 0 Å². The summed E-state index contributed by atoms with van der Waals surface area (Å²) in [6.07, 6.45) is 7.40. The fraction of sp³-hybridized carbons (Fsp3) is 0.650. The van der Waals surface area contributed by atoms with Crippen molar-refractivity contribution in [1.29, 1.82) is 0 Å². The van der Waals surface area contributed by atoms with Crippen LogP contribution in [-0.2, 0) is 4.79 Å². The number of benzene rings is 1. The SMILES string of the molecule is C[C@@H](C(=O)NC1CCCCCC1)N1CCN(c2cccc(Cl)c2)CC1. The number of anilines is 1. The Balaban J connectivity index is 1.48. The minimum atomic E-state index is -0.0511. The molecule has 0 aromatic heterocycles. The number of hydrogen-bond donors (Lipinski definition) is 1. The molecular formula is C20H30ClN3O. The van der Waals surface area contributed by atoms with Gasteiger partial charge in [-0.3, -0.25) is 9.69 Å². The zero-order valence-corrected chi connectivity index (χ0v) is 16.0. The van der Waals surface area contributed by atoms with Crippen LogP contribution in [-0.4, -0.2) is 49.1 Å². The number of nitrogens with one attached hydrogen (secondary N) is 1. The summed E-state index contributed by atoms with van der Waals surface area (Å²) in [4.78, 5) is 17.3. The summed E-state index contributed by atoms with van der Waals surface area (Å²) in [5.41, 5.74) is 1.17. The lowest BCUT2D eigenvalue weighted by atomic mass is 10.1. The highest BCUT2D eigenvalue weighted by Crippen LogP contribution is 2.22. The van der Waals surface area contributed by atoms with Crippen molar-refractivity contribution >= 4 is 23.2 Å². The van der Waals surface area contributed by atoms with E-state index in [0.29, 0.717) is 6.04 Å². The standard InChI is InChI=1S/C20H30ClN3O/c1-16(20(25)22-18-8-4-2-3-5-9-18)23-11-13-24(14-12-23)19-10-6-7-17(21)15-19/h6-7,10,15-16,18H,2-5,8-9,11-14H2,1H3,(H,22,25)/t16-/m0/s1. The van der Waals surface area contributed by atoms with Crippen molar-refractivity contribution in [2.24, 2.45) is 0 Å². The van der Waals surface area contributed by atoms with Crippen LogP contribution in [0, 0.1) is 0 Å². The molecule has 2 aliphatic rings. The van der Waals surface area contributed by atoms with E-state index in [9.17, 15) is 4.79 Å². The molecular weight excluding hydrogens is 334 g/mol. The van der Waals surface area contributed by atoms with Gasteiger partial charge in [0, 0.05) is 42.9 Å². The largest absolute Gasteiger partial charge is 0.369 e. The molecule has 1 saturated heterocycles. The second kappa shape index (κ2) is 8.91. The highest BCUT2D eigenvalue weighted by atomic mass is 35.5. The number of rotatable bonds is 4. The summed E-state index contributed by atoms with van der Waals surface area (Å²) < 4.78 is 0. The molecule has 1 heterocycles. The zero-order valence-electron chi connectivity index (χ0n) is 15.2. The van der Waals surface area contributed by atoms with Gasteiger partial charge < -0.3 is 10.2 Å². The lowest BCUT2D eigenvalue weighted by molar-refractivity contribution is -0.126. The van der Waals surface area contributed by atoms with Gasteiger partial charge in [0.05, 0.1) is 6.04 Å². The van der Waals surface area contributed by atoms with Crippen LogP contribution in [0.5, 0.6) is 0 Å². The van der Waals surface area contributed by atoms with Gasteiger partial charge in [-0.05, 0) is 38.0 Å². The molecule has 1 aromatic carbocycles. The van der Waals surface area contributed by atoms with E-state index in [1.54, 1.807) is 0 Å². The quantitative estimate of drug-likeness (QED) is 0.829. The molecule has 1 atom stereocenters. The Bertz CT molecular complexity index is 564. The molecule has 2 fully saturated rings. The molecule has 25 heavy (non-hydrogen) atoms. The monoisotopic (exact) mass is 363 g/mol. The molecule has 1 saturated carbocycles. The van der Waals surface area contributed by atoms with E-state index < -0.39 is 0 Å². The first kappa shape index (κ1) is 18.5. The first-order chi connectivity index (χ1) is 12.1. The molecule has 0 spiro atoms. The molecule has 1 aliphatic carbocycles. The van der Waals surface area contributed by atoms with Crippen molar-refractivity contribution in [2.45, 2.75) is 57.5 Å². The third-order valence-corrected chi connectivity index (χ3v) is 5.85. The maximum absolute atomic E-state index is 12.6. The number of nitrogens with zero attached hydrogens (tertiary/aromatic N) is 2. The predicted octanol–water partition coefficient (Wildman–Crippen LogP) is 3.69. The number of amides is 1. The number of carbonyl (C=O) groups excluding carboxylic acids is 1. The third-order valence-electron chi connectivity index (χ3n) is 5.62. The lowest BCUT2D eigenvalue weighted by Crippen LogP contribution is -2.55. The molecule has 1 aliphatic heterocycles. The van der Waals surface area contributed by atoms with E-state index in [0.717, 1.165) is 44.0 Å². The summed E-state index contributed by atoms with van der Waals surface area (Å²) in [5.74, 6) is 0.197. The summed E-state index contributed by atoms with van der Waals surface area (Å²) in [7, 11) is 0. The molecule has 0 unspecified atom stereocenters. The number of hydrogen-bond acceptors (Lipinski definition) is 3. The van der Waals surface area contributed by atoms with Gasteiger partial charge in [0.2, 0.25) is 5.91 Å². The topological polar surface area (TPSA) is 35.6 Å². The zero-order chi connectivity index (χ0) is 17.6. The van der Waals surface area contributed by atoms with E-state index in [1.807, 2.05) is 25.1 Å². The van der Waals surface area contributed by atoms with Crippen LogP contribution in [0.4, 0.5) is 5.69 Å². The molecule has 3 rings (SSSR count). The average molecular weight is 364 g/mol. The Morgan fingerprint density at radius 1 is 1.12 bits per heavy atom. The van der Waals surface area contributed by atoms with Crippen LogP contribution < -0.4 is 10.2 Å². The summed E-state index contributed by atoms with van der Waals surface area (Å²) in [5, 5.41) is 4.07. The average Bonchev–Trinajstić information content (AvgIpc) is 2.90. The van der Waals surface area contributed by atoms with Gasteiger partial charge in [0.15, 0.2) is 0 Å². The van der Waals surface area contributed by atoms with Crippen molar-refractivity contribution < 1.29 is 4.79 Å². The lowest BCUT2D eigenvalue weighted by Gasteiger charge is -2.39. The van der Waals surface area contributed by atoms with Crippen LogP contribution in [0.1, 0.15) is 45.4 Å². The molecule has 1 N–H and O–H groups in total. The highest BCUT2D eigenvalue weighted by Gasteiger charge is 2.27. The van der Waals surface area contributed by atoms with Crippen LogP contribution >= 0.6 is 11.6 Å². The fourth-order valence-corrected chi connectivity index (χ4v) is 4.14. The van der Waals surface area contributed by atoms with Crippen LogP contribution in [0.25, 0.3) is 0 Å². The van der Waals surface area contributed by atoms with Crippen molar-refractivity contribution in [2.75, 3.05) is 31.1 Å². The fourth-order valence-electron chi connectivity index (χ4n) is 3.95. The normalized spacial score (nSPS) is 21.6. The maximum atomic E-state index is 12.6. The molecule has 138 valence electrons. The van der Waals surface area contributed by atoms with Gasteiger partial charge in [-0.15, -0.1) is 0 Å². The Morgan fingerprint density at radius 2 is 1.80 bits per heavy atom. The van der Waals surface area contributed by atoms with Crippen LogP contribution in [0.3, 0.4) is 0 Å². The first-order valence-electron chi connectivity index (χ1n) is 9.68. The van der Waals surface area contributed by atoms with Crippen molar-refractivity contribution in [3.05, 3.63) is 29.3 Å².